The van der Waals surface area contributed by atoms with Crippen molar-refractivity contribution in [1.82, 2.24) is 0 Å². The number of azide groups is 1. The van der Waals surface area contributed by atoms with Crippen molar-refractivity contribution < 1.29 is 4.79 Å². The molecule has 1 aromatic carbocycles. The monoisotopic (exact) mass is 190 g/mol. The van der Waals surface area contributed by atoms with Gasteiger partial charge in [0.1, 0.15) is 6.54 Å². The minimum absolute atomic E-state index is 0.151. The Labute approximate surface area is 81.6 Å². The average Bonchev–Trinajstić information content (AvgIpc) is 2.26. The maximum atomic E-state index is 11.4. The van der Waals surface area contributed by atoms with E-state index >= 15 is 0 Å². The quantitative estimate of drug-likeness (QED) is 0.408. The number of benzene rings is 1. The molecule has 0 unspecified atom stereocenters. The normalized spacial score (nSPS) is 8.93. The van der Waals surface area contributed by atoms with Crippen LogP contribution in [0.3, 0.4) is 0 Å². The van der Waals surface area contributed by atoms with E-state index in [0.29, 0.717) is 0 Å². The fourth-order valence-electron chi connectivity index (χ4n) is 0.994. The molecule has 0 radical (unpaired) electrons. The van der Waals surface area contributed by atoms with E-state index in [2.05, 4.69) is 10.0 Å². The van der Waals surface area contributed by atoms with Crippen LogP contribution in [-0.4, -0.2) is 19.5 Å². The summed E-state index contributed by atoms with van der Waals surface area (Å²) in [7, 11) is 1.64. The van der Waals surface area contributed by atoms with E-state index in [4.69, 9.17) is 5.53 Å². The van der Waals surface area contributed by atoms with Gasteiger partial charge in [-0.25, -0.2) is 0 Å². The van der Waals surface area contributed by atoms with Crippen LogP contribution in [-0.2, 0) is 4.79 Å². The highest BCUT2D eigenvalue weighted by Gasteiger charge is 2.08. The summed E-state index contributed by atoms with van der Waals surface area (Å²) in [6, 6.07) is 9.18. The molecule has 0 spiro atoms. The standard InChI is InChI=1S/C9H10N4O/c1-13(9(14)7-11-12-10)8-5-3-2-4-6-8/h2-6H,7H2,1H3. The third kappa shape index (κ3) is 2.50. The van der Waals surface area contributed by atoms with Crippen LogP contribution >= 0.6 is 0 Å². The lowest BCUT2D eigenvalue weighted by Crippen LogP contribution is -2.27. The van der Waals surface area contributed by atoms with Gasteiger partial charge in [0.2, 0.25) is 5.91 Å². The zero-order valence-electron chi connectivity index (χ0n) is 7.79. The number of anilines is 1. The third-order valence-electron chi connectivity index (χ3n) is 1.79. The van der Waals surface area contributed by atoms with E-state index in [1.807, 2.05) is 30.3 Å². The fraction of sp³-hybridized carbons (Fsp3) is 0.222. The topological polar surface area (TPSA) is 69.1 Å². The van der Waals surface area contributed by atoms with E-state index < -0.39 is 0 Å². The SMILES string of the molecule is CN(C(=O)CN=[N+]=[N-])c1ccccc1. The summed E-state index contributed by atoms with van der Waals surface area (Å²) in [5, 5.41) is 3.21. The lowest BCUT2D eigenvalue weighted by molar-refractivity contribution is -0.117. The fourth-order valence-corrected chi connectivity index (χ4v) is 0.994. The highest BCUT2D eigenvalue weighted by atomic mass is 16.2. The zero-order valence-corrected chi connectivity index (χ0v) is 7.79. The Balaban J connectivity index is 2.70. The van der Waals surface area contributed by atoms with Gasteiger partial charge in [-0.2, -0.15) is 0 Å². The molecule has 1 aromatic rings. The highest BCUT2D eigenvalue weighted by Crippen LogP contribution is 2.10. The van der Waals surface area contributed by atoms with Crippen LogP contribution in [0.25, 0.3) is 10.4 Å². The summed E-state index contributed by atoms with van der Waals surface area (Å²) in [4.78, 5) is 15.3. The predicted molar refractivity (Wildman–Crippen MR) is 53.9 cm³/mol. The van der Waals surface area contributed by atoms with E-state index in [1.165, 1.54) is 4.90 Å². The molecular weight excluding hydrogens is 180 g/mol. The van der Waals surface area contributed by atoms with Crippen molar-refractivity contribution in [1.29, 1.82) is 0 Å². The van der Waals surface area contributed by atoms with Gasteiger partial charge in [0.15, 0.2) is 0 Å². The van der Waals surface area contributed by atoms with Gasteiger partial charge in [0.05, 0.1) is 0 Å². The Hall–Kier alpha value is -2.00. The summed E-state index contributed by atoms with van der Waals surface area (Å²) < 4.78 is 0. The molecule has 1 amide bonds. The Morgan fingerprint density at radius 2 is 2.14 bits per heavy atom. The molecule has 0 saturated heterocycles. The Morgan fingerprint density at radius 3 is 2.71 bits per heavy atom. The molecule has 5 heteroatoms. The van der Waals surface area contributed by atoms with Crippen molar-refractivity contribution in [3.05, 3.63) is 40.8 Å². The number of hydrogen-bond acceptors (Lipinski definition) is 2. The van der Waals surface area contributed by atoms with Gasteiger partial charge in [-0.1, -0.05) is 23.3 Å². The molecule has 0 N–H and O–H groups in total. The van der Waals surface area contributed by atoms with Crippen LogP contribution in [0.1, 0.15) is 0 Å². The molecule has 0 aliphatic carbocycles. The minimum Gasteiger partial charge on any atom is -0.315 e. The number of hydrogen-bond donors (Lipinski definition) is 0. The van der Waals surface area contributed by atoms with E-state index in [-0.39, 0.29) is 12.5 Å². The summed E-state index contributed by atoms with van der Waals surface area (Å²) in [6.45, 7) is -0.151. The van der Waals surface area contributed by atoms with Crippen molar-refractivity contribution in [2.75, 3.05) is 18.5 Å². The van der Waals surface area contributed by atoms with Gasteiger partial charge in [0, 0.05) is 17.6 Å². The Morgan fingerprint density at radius 1 is 1.50 bits per heavy atom. The molecule has 0 heterocycles. The second kappa shape index (κ2) is 4.89. The molecule has 5 nitrogen and oxygen atoms in total. The largest absolute Gasteiger partial charge is 0.315 e. The van der Waals surface area contributed by atoms with Gasteiger partial charge >= 0.3 is 0 Å². The summed E-state index contributed by atoms with van der Waals surface area (Å²) in [5.41, 5.74) is 8.84. The van der Waals surface area contributed by atoms with Gasteiger partial charge in [0.25, 0.3) is 0 Å². The van der Waals surface area contributed by atoms with Gasteiger partial charge in [-0.3, -0.25) is 4.79 Å². The Bertz CT molecular complexity index is 356. The smallest absolute Gasteiger partial charge is 0.232 e. The van der Waals surface area contributed by atoms with Gasteiger partial charge in [-0.15, -0.1) is 0 Å². The third-order valence-corrected chi connectivity index (χ3v) is 1.79. The van der Waals surface area contributed by atoms with Gasteiger partial charge < -0.3 is 4.90 Å². The number of nitrogens with zero attached hydrogens (tertiary/aromatic N) is 4. The summed E-state index contributed by atoms with van der Waals surface area (Å²) in [6.07, 6.45) is 0. The van der Waals surface area contributed by atoms with E-state index in [0.717, 1.165) is 5.69 Å². The predicted octanol–water partition coefficient (Wildman–Crippen LogP) is 1.96. The van der Waals surface area contributed by atoms with Crippen LogP contribution in [0.5, 0.6) is 0 Å². The molecule has 14 heavy (non-hydrogen) atoms. The molecule has 0 bridgehead atoms. The molecule has 0 fully saturated rings. The first-order chi connectivity index (χ1) is 6.75. The number of carbonyl (C=O) groups is 1. The van der Waals surface area contributed by atoms with Gasteiger partial charge in [-0.05, 0) is 17.7 Å². The van der Waals surface area contributed by atoms with E-state index in [9.17, 15) is 4.79 Å². The number of amides is 1. The first-order valence-electron chi connectivity index (χ1n) is 4.08. The summed E-state index contributed by atoms with van der Waals surface area (Å²) >= 11 is 0. The molecule has 0 aliphatic heterocycles. The number of para-hydroxylation sites is 1. The van der Waals surface area contributed by atoms with Crippen LogP contribution in [0.4, 0.5) is 5.69 Å². The van der Waals surface area contributed by atoms with Crippen molar-refractivity contribution >= 4 is 11.6 Å². The highest BCUT2D eigenvalue weighted by molar-refractivity contribution is 5.94. The molecule has 0 atom stereocenters. The lowest BCUT2D eigenvalue weighted by atomic mass is 10.3. The molecular formula is C9H10N4O. The van der Waals surface area contributed by atoms with Crippen LogP contribution in [0.2, 0.25) is 0 Å². The molecule has 0 aromatic heterocycles. The van der Waals surface area contributed by atoms with Crippen molar-refractivity contribution in [3.8, 4) is 0 Å². The zero-order chi connectivity index (χ0) is 10.4. The van der Waals surface area contributed by atoms with Crippen molar-refractivity contribution in [2.45, 2.75) is 0 Å². The van der Waals surface area contributed by atoms with E-state index in [1.54, 1.807) is 7.05 Å². The lowest BCUT2D eigenvalue weighted by Gasteiger charge is -2.15. The number of rotatable bonds is 3. The van der Waals surface area contributed by atoms with Crippen LogP contribution in [0, 0.1) is 0 Å². The maximum absolute atomic E-state index is 11.4. The maximum Gasteiger partial charge on any atom is 0.232 e. The van der Waals surface area contributed by atoms with Crippen LogP contribution < -0.4 is 4.90 Å². The van der Waals surface area contributed by atoms with Crippen molar-refractivity contribution in [3.63, 3.8) is 0 Å². The van der Waals surface area contributed by atoms with Crippen molar-refractivity contribution in [2.24, 2.45) is 5.11 Å². The second-order valence-corrected chi connectivity index (χ2v) is 2.68. The second-order valence-electron chi connectivity index (χ2n) is 2.68. The molecule has 0 saturated carbocycles. The number of likely N-dealkylation sites (N-methyl/N-ethyl adjacent to an activating group) is 1. The Kier molecular flexibility index (Phi) is 3.52. The first kappa shape index (κ1) is 10.1. The molecule has 1 rings (SSSR count). The molecule has 72 valence electrons. The number of carbonyl (C=O) groups excluding carboxylic acids is 1. The van der Waals surface area contributed by atoms with Crippen LogP contribution in [0.15, 0.2) is 35.4 Å². The molecule has 0 aliphatic rings. The summed E-state index contributed by atoms with van der Waals surface area (Å²) in [5.74, 6) is -0.228. The minimum atomic E-state index is -0.228. The first-order valence-corrected chi connectivity index (χ1v) is 4.08. The average molecular weight is 190 g/mol.